The Hall–Kier alpha value is -4.62. The Labute approximate surface area is 306 Å². The lowest BCUT2D eigenvalue weighted by molar-refractivity contribution is -0.217. The Morgan fingerprint density at radius 1 is 0.792 bits per heavy atom. The van der Waals surface area contributed by atoms with E-state index in [9.17, 15) is 28.8 Å². The summed E-state index contributed by atoms with van der Waals surface area (Å²) in [5, 5.41) is 0.290. The number of aryl methyl sites for hydroxylation is 1. The highest BCUT2D eigenvalue weighted by molar-refractivity contribution is 5.96. The first kappa shape index (κ1) is 36.7. The molecule has 5 aliphatic rings. The molecule has 4 heterocycles. The second-order valence-electron chi connectivity index (χ2n) is 17.2. The van der Waals surface area contributed by atoms with Crippen LogP contribution in [0.3, 0.4) is 0 Å². The second kappa shape index (κ2) is 11.0. The molecule has 14 heteroatoms. The van der Waals surface area contributed by atoms with Gasteiger partial charge in [0, 0.05) is 23.8 Å². The number of fused-ring (bicyclic) bond motifs is 7. The summed E-state index contributed by atoms with van der Waals surface area (Å²) in [6.07, 6.45) is -1.76. The summed E-state index contributed by atoms with van der Waals surface area (Å²) in [6, 6.07) is 1.55. The van der Waals surface area contributed by atoms with Gasteiger partial charge in [-0.15, -0.1) is 0 Å². The van der Waals surface area contributed by atoms with E-state index in [2.05, 4.69) is 0 Å². The van der Waals surface area contributed by atoms with Crippen LogP contribution in [0.5, 0.6) is 11.5 Å². The van der Waals surface area contributed by atoms with Crippen LogP contribution in [0.1, 0.15) is 111 Å². The summed E-state index contributed by atoms with van der Waals surface area (Å²) in [5.41, 5.74) is -9.05. The number of benzene rings is 1. The van der Waals surface area contributed by atoms with Crippen LogP contribution in [0.4, 0.5) is 0 Å². The molecule has 0 amide bonds. The number of ether oxygens (including phenoxy) is 7. The number of hydrogen-bond acceptors (Lipinski definition) is 14. The Bertz CT molecular complexity index is 2090. The minimum Gasteiger partial charge on any atom is -0.496 e. The quantitative estimate of drug-likeness (QED) is 0.208. The van der Waals surface area contributed by atoms with E-state index < -0.39 is 86.1 Å². The summed E-state index contributed by atoms with van der Waals surface area (Å²) in [7, 11) is 1.42. The lowest BCUT2D eigenvalue weighted by Crippen LogP contribution is -2.57. The monoisotopic (exact) mass is 738 g/mol. The zero-order valence-electron chi connectivity index (χ0n) is 32.0. The van der Waals surface area contributed by atoms with Gasteiger partial charge in [0.15, 0.2) is 17.8 Å². The van der Waals surface area contributed by atoms with Gasteiger partial charge in [0.2, 0.25) is 11.2 Å². The molecule has 2 saturated carbocycles. The molecule has 4 unspecified atom stereocenters. The van der Waals surface area contributed by atoms with E-state index >= 15 is 0 Å². The molecule has 2 saturated heterocycles. The molecule has 1 aromatic carbocycles. The van der Waals surface area contributed by atoms with Gasteiger partial charge in [0.1, 0.15) is 23.7 Å². The number of rotatable bonds is 7. The van der Waals surface area contributed by atoms with Crippen molar-refractivity contribution in [3.63, 3.8) is 0 Å². The van der Waals surface area contributed by atoms with Gasteiger partial charge in [-0.25, -0.2) is 14.4 Å². The largest absolute Gasteiger partial charge is 0.496 e. The molecular formula is C39H46O14. The molecule has 0 spiro atoms. The third kappa shape index (κ3) is 4.37. The Kier molecular flexibility index (Phi) is 7.60. The van der Waals surface area contributed by atoms with Crippen LogP contribution < -0.4 is 15.1 Å². The van der Waals surface area contributed by atoms with Crippen molar-refractivity contribution in [2.45, 2.75) is 131 Å². The molecule has 0 radical (unpaired) electrons. The number of carbonyl (C=O) groups is 5. The van der Waals surface area contributed by atoms with E-state index in [0.717, 1.165) is 0 Å². The van der Waals surface area contributed by atoms with Crippen LogP contribution in [-0.4, -0.2) is 59.9 Å². The van der Waals surface area contributed by atoms with E-state index in [1.54, 1.807) is 68.4 Å². The zero-order valence-corrected chi connectivity index (χ0v) is 32.0. The first-order valence-corrected chi connectivity index (χ1v) is 17.8. The lowest BCUT2D eigenvalue weighted by atomic mass is 9.66. The molecule has 6 atom stereocenters. The van der Waals surface area contributed by atoms with Gasteiger partial charge in [-0.3, -0.25) is 14.4 Å². The first-order valence-electron chi connectivity index (χ1n) is 17.8. The molecule has 7 rings (SSSR count). The molecule has 14 nitrogen and oxygen atoms in total. The average molecular weight is 739 g/mol. The molecule has 53 heavy (non-hydrogen) atoms. The zero-order chi connectivity index (χ0) is 39.1. The van der Waals surface area contributed by atoms with E-state index in [1.165, 1.54) is 14.0 Å². The van der Waals surface area contributed by atoms with E-state index in [-0.39, 0.29) is 53.0 Å². The smallest absolute Gasteiger partial charge is 0.351 e. The Morgan fingerprint density at radius 3 is 1.77 bits per heavy atom. The van der Waals surface area contributed by atoms with Gasteiger partial charge in [-0.1, -0.05) is 27.7 Å². The highest BCUT2D eigenvalue weighted by Crippen LogP contribution is 2.68. The van der Waals surface area contributed by atoms with Crippen LogP contribution in [0.2, 0.25) is 0 Å². The van der Waals surface area contributed by atoms with Gasteiger partial charge in [-0.2, -0.15) is 0 Å². The van der Waals surface area contributed by atoms with Crippen molar-refractivity contribution in [3.8, 4) is 11.5 Å². The highest BCUT2D eigenvalue weighted by Gasteiger charge is 2.78. The van der Waals surface area contributed by atoms with Crippen molar-refractivity contribution in [1.82, 2.24) is 0 Å². The van der Waals surface area contributed by atoms with Crippen LogP contribution in [0.15, 0.2) is 15.3 Å². The van der Waals surface area contributed by atoms with Crippen molar-refractivity contribution >= 4 is 40.8 Å². The predicted molar refractivity (Wildman–Crippen MR) is 183 cm³/mol. The average Bonchev–Trinajstić information content (AvgIpc) is 3.53. The summed E-state index contributed by atoms with van der Waals surface area (Å²) < 4.78 is 47.9. The van der Waals surface area contributed by atoms with Gasteiger partial charge in [0.05, 0.1) is 34.5 Å². The van der Waals surface area contributed by atoms with Crippen molar-refractivity contribution < 1.29 is 61.5 Å². The topological polar surface area (TPSA) is 180 Å². The summed E-state index contributed by atoms with van der Waals surface area (Å²) in [4.78, 5) is 80.9. The predicted octanol–water partition coefficient (Wildman–Crippen LogP) is 5.08. The van der Waals surface area contributed by atoms with Crippen molar-refractivity contribution in [3.05, 3.63) is 33.2 Å². The van der Waals surface area contributed by atoms with Crippen LogP contribution >= 0.6 is 0 Å². The minimum atomic E-state index is -1.68. The van der Waals surface area contributed by atoms with E-state index in [0.29, 0.717) is 18.4 Å². The number of carbonyl (C=O) groups excluding carboxylic acids is 5. The first-order chi connectivity index (χ1) is 24.5. The standard InChI is InChI=1S/C39H46O14/c1-18-20(17-47-19(2)40)28(41)48-25-23(18)21(46-11)16-22-24(25)26(49-31(44)38-14-12-36(9,29(42)52-38)34(38,5)6)27(33(3,4)51-22)50-32(45)39-15-13-37(10,30(43)53-39)35(39,7)8/h16,26-27H,12-15,17H2,1-11H3/t26-,27-,36?,37?,38?,39?/m1/s1. The van der Waals surface area contributed by atoms with Gasteiger partial charge in [-0.05, 0) is 65.9 Å². The molecule has 2 aromatic rings. The number of hydrogen-bond donors (Lipinski definition) is 0. The van der Waals surface area contributed by atoms with E-state index in [1.807, 2.05) is 0 Å². The Morgan fingerprint density at radius 2 is 1.32 bits per heavy atom. The van der Waals surface area contributed by atoms with Crippen LogP contribution in [-0.2, 0) is 54.3 Å². The van der Waals surface area contributed by atoms with E-state index in [4.69, 9.17) is 37.6 Å². The third-order valence-corrected chi connectivity index (χ3v) is 14.1. The number of methoxy groups -OCH3 is 1. The highest BCUT2D eigenvalue weighted by atomic mass is 16.7. The molecular weight excluding hydrogens is 692 g/mol. The van der Waals surface area contributed by atoms with Gasteiger partial charge >= 0.3 is 35.5 Å². The van der Waals surface area contributed by atoms with Gasteiger partial charge < -0.3 is 37.6 Å². The summed E-state index contributed by atoms with van der Waals surface area (Å²) in [6.45, 7) is 16.4. The molecule has 1 aromatic heterocycles. The normalized spacial score (nSPS) is 33.8. The molecule has 286 valence electrons. The van der Waals surface area contributed by atoms with Gasteiger partial charge in [0.25, 0.3) is 0 Å². The SMILES string of the molecule is COc1cc2c(c3oc(=O)c(COC(C)=O)c(C)c13)[C@@H](OC(=O)C13CCC(C)(C(=O)O1)C3(C)C)[C@@H](OC(=O)C13CCC(C)(C(=O)O1)C3(C)C)C(C)(C)O2. The summed E-state index contributed by atoms with van der Waals surface area (Å²) >= 11 is 0. The van der Waals surface area contributed by atoms with Crippen LogP contribution in [0, 0.1) is 28.6 Å². The molecule has 4 bridgehead atoms. The second-order valence-corrected chi connectivity index (χ2v) is 17.2. The molecule has 3 aliphatic heterocycles. The fourth-order valence-electron chi connectivity index (χ4n) is 9.41. The summed E-state index contributed by atoms with van der Waals surface area (Å²) in [5.74, 6) is -3.01. The number of esters is 5. The maximum absolute atomic E-state index is 14.7. The molecule has 2 aliphatic carbocycles. The van der Waals surface area contributed by atoms with Crippen molar-refractivity contribution in [2.75, 3.05) is 7.11 Å². The minimum absolute atomic E-state index is 0.0527. The third-order valence-electron chi connectivity index (χ3n) is 14.1. The fraction of sp³-hybridized carbons (Fsp3) is 0.641. The van der Waals surface area contributed by atoms with Crippen molar-refractivity contribution in [2.24, 2.45) is 21.7 Å². The molecule has 0 N–H and O–H groups in total. The Balaban J connectivity index is 1.42. The van der Waals surface area contributed by atoms with Crippen LogP contribution in [0.25, 0.3) is 11.0 Å². The lowest BCUT2D eigenvalue weighted by Gasteiger charge is -2.46. The maximum Gasteiger partial charge on any atom is 0.351 e. The maximum atomic E-state index is 14.7. The fourth-order valence-corrected chi connectivity index (χ4v) is 9.41. The van der Waals surface area contributed by atoms with Crippen molar-refractivity contribution in [1.29, 1.82) is 0 Å². The molecule has 4 fully saturated rings.